The fourth-order valence-corrected chi connectivity index (χ4v) is 7.86. The van der Waals surface area contributed by atoms with Crippen molar-refractivity contribution in [3.8, 4) is 0 Å². The Morgan fingerprint density at radius 1 is 0.297 bits per heavy atom. The Hall–Kier alpha value is -7.32. The van der Waals surface area contributed by atoms with Crippen LogP contribution < -0.4 is 9.80 Å². The lowest BCUT2D eigenvalue weighted by Crippen LogP contribution is -2.12. The first-order chi connectivity index (χ1) is 30.6. The van der Waals surface area contributed by atoms with E-state index < -0.39 is 34.3 Å². The number of rotatable bonds is 10. The molecule has 0 unspecified atom stereocenters. The molecule has 8 rings (SSSR count). The van der Waals surface area contributed by atoms with Crippen molar-refractivity contribution in [1.82, 2.24) is 0 Å². The summed E-state index contributed by atoms with van der Waals surface area (Å²) < 4.78 is 89.5. The molecule has 0 spiro atoms. The second-order valence-electron chi connectivity index (χ2n) is 16.0. The second kappa shape index (κ2) is 17.8. The van der Waals surface area contributed by atoms with Crippen molar-refractivity contribution in [2.24, 2.45) is 0 Å². The molecule has 0 fully saturated rings. The molecule has 64 heavy (non-hydrogen) atoms. The minimum absolute atomic E-state index is 0.244. The third-order valence-corrected chi connectivity index (χ3v) is 11.2. The highest BCUT2D eigenvalue weighted by atomic mass is 19.4. The lowest BCUT2D eigenvalue weighted by molar-refractivity contribution is -0.138. The zero-order valence-corrected chi connectivity index (χ0v) is 35.6. The number of alkyl halides is 6. The van der Waals surface area contributed by atoms with E-state index >= 15 is 0 Å². The lowest BCUT2D eigenvalue weighted by Gasteiger charge is -2.26. The number of aryl methyl sites for hydroxylation is 4. The molecule has 8 heteroatoms. The number of hydrogen-bond donors (Lipinski definition) is 0. The quantitative estimate of drug-likeness (QED) is 0.0999. The van der Waals surface area contributed by atoms with Gasteiger partial charge >= 0.3 is 12.4 Å². The Kier molecular flexibility index (Phi) is 12.1. The van der Waals surface area contributed by atoms with Crippen molar-refractivity contribution in [2.45, 2.75) is 40.0 Å². The van der Waals surface area contributed by atoms with E-state index in [0.29, 0.717) is 11.1 Å². The lowest BCUT2D eigenvalue weighted by atomic mass is 9.91. The minimum atomic E-state index is -4.95. The normalized spacial score (nSPS) is 12.1. The van der Waals surface area contributed by atoms with Crippen LogP contribution in [0.4, 0.5) is 60.5 Å². The van der Waals surface area contributed by atoms with Crippen molar-refractivity contribution >= 4 is 69.2 Å². The van der Waals surface area contributed by atoms with Crippen LogP contribution in [0.5, 0.6) is 0 Å². The Bertz CT molecular complexity index is 2650. The molecule has 0 radical (unpaired) electrons. The maximum absolute atomic E-state index is 14.9. The first-order valence-electron chi connectivity index (χ1n) is 20.8. The largest absolute Gasteiger partial charge is 0.417 e. The van der Waals surface area contributed by atoms with Gasteiger partial charge in [-0.2, -0.15) is 26.3 Å². The fraction of sp³-hybridized carbons (Fsp3) is 0.107. The third-order valence-electron chi connectivity index (χ3n) is 11.2. The summed E-state index contributed by atoms with van der Waals surface area (Å²) in [5.41, 5.74) is 8.39. The molecule has 0 saturated carbocycles. The van der Waals surface area contributed by atoms with Gasteiger partial charge in [0.25, 0.3) is 0 Å². The summed E-state index contributed by atoms with van der Waals surface area (Å²) in [4.78, 5) is 4.17. The maximum Gasteiger partial charge on any atom is 0.417 e. The average Bonchev–Trinajstić information content (AvgIpc) is 3.27. The van der Waals surface area contributed by atoms with Crippen molar-refractivity contribution in [1.29, 1.82) is 0 Å². The van der Waals surface area contributed by atoms with Crippen LogP contribution in [0.3, 0.4) is 0 Å². The molecule has 0 bridgehead atoms. The molecule has 320 valence electrons. The first kappa shape index (κ1) is 43.3. The van der Waals surface area contributed by atoms with Crippen LogP contribution in [0.1, 0.15) is 55.6 Å². The van der Waals surface area contributed by atoms with Gasteiger partial charge in [-0.1, -0.05) is 144 Å². The Balaban J connectivity index is 1.10. The van der Waals surface area contributed by atoms with E-state index in [-0.39, 0.29) is 11.1 Å². The highest BCUT2D eigenvalue weighted by Gasteiger charge is 2.39. The number of anilines is 6. The summed E-state index contributed by atoms with van der Waals surface area (Å²) in [5.74, 6) is 0. The predicted octanol–water partition coefficient (Wildman–Crippen LogP) is 17.4. The van der Waals surface area contributed by atoms with Gasteiger partial charge in [0.15, 0.2) is 0 Å². The van der Waals surface area contributed by atoms with Gasteiger partial charge in [-0.05, 0) is 134 Å². The monoisotopic (exact) mass is 858 g/mol. The number of halogens is 6. The van der Waals surface area contributed by atoms with E-state index in [1.165, 1.54) is 24.3 Å². The molecule has 0 aliphatic heterocycles. The number of hydrogen-bond acceptors (Lipinski definition) is 2. The van der Waals surface area contributed by atoms with E-state index in [0.717, 1.165) is 80.6 Å². The van der Waals surface area contributed by atoms with Crippen molar-refractivity contribution in [3.63, 3.8) is 0 Å². The third kappa shape index (κ3) is 9.52. The Labute approximate surface area is 369 Å². The topological polar surface area (TPSA) is 6.48 Å². The van der Waals surface area contributed by atoms with Crippen LogP contribution in [-0.4, -0.2) is 0 Å². The molecule has 8 aromatic rings. The van der Waals surface area contributed by atoms with Gasteiger partial charge in [0.2, 0.25) is 0 Å². The van der Waals surface area contributed by atoms with Gasteiger partial charge < -0.3 is 9.80 Å². The van der Waals surface area contributed by atoms with E-state index in [1.54, 1.807) is 24.3 Å². The molecule has 2 nitrogen and oxygen atoms in total. The van der Waals surface area contributed by atoms with Gasteiger partial charge in [0, 0.05) is 34.1 Å². The van der Waals surface area contributed by atoms with Crippen LogP contribution in [0.25, 0.3) is 35.1 Å². The van der Waals surface area contributed by atoms with E-state index in [9.17, 15) is 26.3 Å². The maximum atomic E-state index is 14.9. The van der Waals surface area contributed by atoms with E-state index in [1.807, 2.05) is 149 Å². The van der Waals surface area contributed by atoms with Crippen LogP contribution in [-0.2, 0) is 12.4 Å². The number of fused-ring (bicyclic) bond motifs is 1. The summed E-state index contributed by atoms with van der Waals surface area (Å²) in [6.45, 7) is 8.06. The average molecular weight is 859 g/mol. The molecule has 0 aromatic heterocycles. The van der Waals surface area contributed by atoms with Gasteiger partial charge in [0.1, 0.15) is 0 Å². The van der Waals surface area contributed by atoms with Gasteiger partial charge in [-0.25, -0.2) is 0 Å². The second-order valence-corrected chi connectivity index (χ2v) is 16.0. The molecule has 0 atom stereocenters. The standard InChI is InChI=1S/C56H44F6N2/c1-37-5-23-45(24-6-37)63(46-25-7-38(2)8-26-46)49-31-15-41(16-32-49)13-19-43-21-35-52-51(53(43)55(57,58)59)36-22-44(54(52)56(60,61)62)20-14-42-17-33-50(34-18-42)64(47-27-9-39(3)10-28-47)48-29-11-40(4)12-30-48/h5-36H,1-4H3. The molecule has 0 amide bonds. The van der Waals surface area contributed by atoms with Crippen LogP contribution in [0, 0.1) is 27.7 Å². The van der Waals surface area contributed by atoms with Gasteiger partial charge in [-0.3, -0.25) is 0 Å². The Morgan fingerprint density at radius 2 is 0.531 bits per heavy atom. The first-order valence-corrected chi connectivity index (χ1v) is 20.8. The predicted molar refractivity (Wildman–Crippen MR) is 253 cm³/mol. The Morgan fingerprint density at radius 3 is 0.766 bits per heavy atom. The smallest absolute Gasteiger partial charge is 0.311 e. The SMILES string of the molecule is Cc1ccc(N(c2ccc(C)cc2)c2ccc(C=Cc3ccc4c(C(F)(F)F)c(C=Cc5ccc(N(c6ccc(C)cc6)c6ccc(C)cc6)cc5)ccc4c3C(F)(F)F)cc2)cc1. The minimum Gasteiger partial charge on any atom is -0.311 e. The van der Waals surface area contributed by atoms with Crippen molar-refractivity contribution in [2.75, 3.05) is 9.80 Å². The molecular weight excluding hydrogens is 815 g/mol. The fourth-order valence-electron chi connectivity index (χ4n) is 7.86. The molecular formula is C56H44F6N2. The highest BCUT2D eigenvalue weighted by Crippen LogP contribution is 2.45. The molecule has 0 heterocycles. The summed E-state index contributed by atoms with van der Waals surface area (Å²) >= 11 is 0. The van der Waals surface area contributed by atoms with Gasteiger partial charge in [-0.15, -0.1) is 0 Å². The molecule has 0 aliphatic carbocycles. The highest BCUT2D eigenvalue weighted by molar-refractivity contribution is 5.96. The zero-order valence-electron chi connectivity index (χ0n) is 35.6. The van der Waals surface area contributed by atoms with Gasteiger partial charge in [0.05, 0.1) is 11.1 Å². The van der Waals surface area contributed by atoms with Crippen LogP contribution >= 0.6 is 0 Å². The summed E-state index contributed by atoms with van der Waals surface area (Å²) in [6, 6.07) is 51.6. The number of nitrogens with zero attached hydrogens (tertiary/aromatic N) is 2. The number of benzene rings is 8. The molecule has 8 aromatic carbocycles. The van der Waals surface area contributed by atoms with E-state index in [4.69, 9.17) is 0 Å². The van der Waals surface area contributed by atoms with E-state index in [2.05, 4.69) is 9.80 Å². The summed E-state index contributed by atoms with van der Waals surface area (Å²) in [5, 5.41) is -1.06. The summed E-state index contributed by atoms with van der Waals surface area (Å²) in [7, 11) is 0. The van der Waals surface area contributed by atoms with Crippen molar-refractivity contribution in [3.05, 3.63) is 225 Å². The molecule has 0 saturated heterocycles. The zero-order chi connectivity index (χ0) is 45.2. The molecule has 0 N–H and O–H groups in total. The molecule has 0 aliphatic rings. The van der Waals surface area contributed by atoms with Crippen molar-refractivity contribution < 1.29 is 26.3 Å². The van der Waals surface area contributed by atoms with Crippen LogP contribution in [0.15, 0.2) is 170 Å². The van der Waals surface area contributed by atoms with Crippen LogP contribution in [0.2, 0.25) is 0 Å². The summed E-state index contributed by atoms with van der Waals surface area (Å²) in [6.07, 6.45) is -4.21.